The number of carbonyl (C=O) groups is 1. The van der Waals surface area contributed by atoms with Crippen molar-refractivity contribution in [3.8, 4) is 5.69 Å². The summed E-state index contributed by atoms with van der Waals surface area (Å²) in [6.45, 7) is 0.339. The van der Waals surface area contributed by atoms with E-state index in [1.165, 1.54) is 0 Å². The minimum atomic E-state index is -0.269. The third-order valence-electron chi connectivity index (χ3n) is 3.43. The van der Waals surface area contributed by atoms with Crippen molar-refractivity contribution in [2.24, 2.45) is 0 Å². The first kappa shape index (κ1) is 15.2. The molecule has 2 N–H and O–H groups in total. The van der Waals surface area contributed by atoms with Gasteiger partial charge in [0.15, 0.2) is 0 Å². The lowest BCUT2D eigenvalue weighted by Crippen LogP contribution is -2.28. The van der Waals surface area contributed by atoms with Crippen molar-refractivity contribution in [2.75, 3.05) is 5.32 Å². The number of anilines is 1. The normalized spacial score (nSPS) is 10.3. The van der Waals surface area contributed by atoms with Gasteiger partial charge in [-0.05, 0) is 36.4 Å². The van der Waals surface area contributed by atoms with Crippen LogP contribution in [0.15, 0.2) is 73.1 Å². The number of nitrogens with zero attached hydrogens (tertiary/aromatic N) is 1. The standard InChI is InChI=1S/C18H16ClN3O/c19-16-9-6-10-17(22-11-4-5-12-22)15(16)13-20-18(23)21-14-7-2-1-3-8-14/h1-12H,13H2,(H2,20,21,23). The molecular weight excluding hydrogens is 310 g/mol. The summed E-state index contributed by atoms with van der Waals surface area (Å²) in [5.74, 6) is 0. The lowest BCUT2D eigenvalue weighted by Gasteiger charge is -2.14. The monoisotopic (exact) mass is 325 g/mol. The smallest absolute Gasteiger partial charge is 0.319 e. The Morgan fingerprint density at radius 3 is 2.43 bits per heavy atom. The van der Waals surface area contributed by atoms with Gasteiger partial charge < -0.3 is 15.2 Å². The molecule has 0 saturated heterocycles. The minimum Gasteiger partial charge on any atom is -0.334 e. The first-order chi connectivity index (χ1) is 11.2. The maximum absolute atomic E-state index is 12.0. The molecular formula is C18H16ClN3O. The molecule has 2 aromatic carbocycles. The van der Waals surface area contributed by atoms with E-state index >= 15 is 0 Å². The van der Waals surface area contributed by atoms with Gasteiger partial charge in [-0.25, -0.2) is 4.79 Å². The molecule has 23 heavy (non-hydrogen) atoms. The Morgan fingerprint density at radius 2 is 1.70 bits per heavy atom. The maximum atomic E-state index is 12.0. The Labute approximate surface area is 139 Å². The quantitative estimate of drug-likeness (QED) is 0.731. The summed E-state index contributed by atoms with van der Waals surface area (Å²) in [5, 5.41) is 6.25. The Hall–Kier alpha value is -2.72. The van der Waals surface area contributed by atoms with Crippen molar-refractivity contribution >= 4 is 23.3 Å². The molecule has 0 saturated carbocycles. The molecule has 0 aliphatic rings. The lowest BCUT2D eigenvalue weighted by molar-refractivity contribution is 0.251. The molecule has 3 rings (SSSR count). The predicted octanol–water partition coefficient (Wildman–Crippen LogP) is 4.45. The van der Waals surface area contributed by atoms with Crippen molar-refractivity contribution in [3.05, 3.63) is 83.6 Å². The average molecular weight is 326 g/mol. The number of amides is 2. The molecule has 4 nitrogen and oxygen atoms in total. The Morgan fingerprint density at radius 1 is 0.957 bits per heavy atom. The summed E-state index contributed by atoms with van der Waals surface area (Å²) in [7, 11) is 0. The summed E-state index contributed by atoms with van der Waals surface area (Å²) in [6, 6.07) is 18.6. The highest BCUT2D eigenvalue weighted by atomic mass is 35.5. The number of carbonyl (C=O) groups excluding carboxylic acids is 1. The number of nitrogens with one attached hydrogen (secondary N) is 2. The van der Waals surface area contributed by atoms with E-state index in [2.05, 4.69) is 10.6 Å². The van der Waals surface area contributed by atoms with E-state index in [9.17, 15) is 4.79 Å². The highest BCUT2D eigenvalue weighted by Crippen LogP contribution is 2.23. The van der Waals surface area contributed by atoms with Crippen molar-refractivity contribution in [1.29, 1.82) is 0 Å². The van der Waals surface area contributed by atoms with Gasteiger partial charge in [-0.15, -0.1) is 0 Å². The third-order valence-corrected chi connectivity index (χ3v) is 3.79. The zero-order valence-corrected chi connectivity index (χ0v) is 13.1. The Balaban J connectivity index is 1.72. The van der Waals surface area contributed by atoms with E-state index in [0.29, 0.717) is 11.6 Å². The topological polar surface area (TPSA) is 46.1 Å². The van der Waals surface area contributed by atoms with Crippen LogP contribution in [0.3, 0.4) is 0 Å². The zero-order valence-electron chi connectivity index (χ0n) is 12.4. The van der Waals surface area contributed by atoms with Crippen LogP contribution in [-0.2, 0) is 6.54 Å². The third kappa shape index (κ3) is 3.73. The molecule has 1 aromatic heterocycles. The average Bonchev–Trinajstić information content (AvgIpc) is 3.09. The lowest BCUT2D eigenvalue weighted by atomic mass is 10.1. The van der Waals surface area contributed by atoms with Gasteiger partial charge in [0.1, 0.15) is 0 Å². The number of halogens is 1. The first-order valence-corrected chi connectivity index (χ1v) is 7.62. The molecule has 0 aliphatic heterocycles. The molecule has 0 bridgehead atoms. The zero-order chi connectivity index (χ0) is 16.1. The van der Waals surface area contributed by atoms with Crippen LogP contribution in [-0.4, -0.2) is 10.6 Å². The van der Waals surface area contributed by atoms with Crippen LogP contribution in [0.1, 0.15) is 5.56 Å². The van der Waals surface area contributed by atoms with Crippen molar-refractivity contribution < 1.29 is 4.79 Å². The highest BCUT2D eigenvalue weighted by Gasteiger charge is 2.10. The summed E-state index contributed by atoms with van der Waals surface area (Å²) in [4.78, 5) is 12.0. The van der Waals surface area contributed by atoms with Crippen LogP contribution in [0, 0.1) is 0 Å². The van der Waals surface area contributed by atoms with E-state index in [1.54, 1.807) is 0 Å². The number of aromatic nitrogens is 1. The van der Waals surface area contributed by atoms with Crippen molar-refractivity contribution in [2.45, 2.75) is 6.54 Å². The van der Waals surface area contributed by atoms with Gasteiger partial charge >= 0.3 is 6.03 Å². The molecule has 0 aliphatic carbocycles. The van der Waals surface area contributed by atoms with Gasteiger partial charge in [-0.2, -0.15) is 0 Å². The Kier molecular flexibility index (Phi) is 4.64. The van der Waals surface area contributed by atoms with Crippen LogP contribution >= 0.6 is 11.6 Å². The number of urea groups is 1. The van der Waals surface area contributed by atoms with Crippen LogP contribution < -0.4 is 10.6 Å². The highest BCUT2D eigenvalue weighted by molar-refractivity contribution is 6.31. The fourth-order valence-corrected chi connectivity index (χ4v) is 2.56. The summed E-state index contributed by atoms with van der Waals surface area (Å²) >= 11 is 6.30. The molecule has 0 radical (unpaired) electrons. The van der Waals surface area contributed by atoms with Crippen LogP contribution in [0.4, 0.5) is 10.5 Å². The molecule has 116 valence electrons. The molecule has 3 aromatic rings. The number of rotatable bonds is 4. The van der Waals surface area contributed by atoms with Crippen molar-refractivity contribution in [1.82, 2.24) is 9.88 Å². The molecule has 5 heteroatoms. The molecule has 0 spiro atoms. The predicted molar refractivity (Wildman–Crippen MR) is 93.1 cm³/mol. The Bertz CT molecular complexity index is 785. The fourth-order valence-electron chi connectivity index (χ4n) is 2.32. The molecule has 2 amide bonds. The van der Waals surface area contributed by atoms with E-state index in [4.69, 9.17) is 11.6 Å². The number of benzene rings is 2. The summed E-state index contributed by atoms with van der Waals surface area (Å²) in [6.07, 6.45) is 3.89. The second-order valence-electron chi connectivity index (χ2n) is 5.00. The van der Waals surface area contributed by atoms with Crippen LogP contribution in [0.5, 0.6) is 0 Å². The first-order valence-electron chi connectivity index (χ1n) is 7.24. The van der Waals surface area contributed by atoms with Crippen LogP contribution in [0.25, 0.3) is 5.69 Å². The van der Waals surface area contributed by atoms with E-state index in [1.807, 2.05) is 77.6 Å². The minimum absolute atomic E-state index is 0.269. The van der Waals surface area contributed by atoms with Gasteiger partial charge in [0.05, 0.1) is 5.69 Å². The van der Waals surface area contributed by atoms with E-state index in [-0.39, 0.29) is 6.03 Å². The van der Waals surface area contributed by atoms with E-state index < -0.39 is 0 Å². The molecule has 0 unspecified atom stereocenters. The maximum Gasteiger partial charge on any atom is 0.319 e. The summed E-state index contributed by atoms with van der Waals surface area (Å²) in [5.41, 5.74) is 2.56. The number of para-hydroxylation sites is 1. The van der Waals surface area contributed by atoms with Crippen LogP contribution in [0.2, 0.25) is 5.02 Å². The largest absolute Gasteiger partial charge is 0.334 e. The number of hydrogen-bond donors (Lipinski definition) is 2. The SMILES string of the molecule is O=C(NCc1c(Cl)cccc1-n1cccc1)Nc1ccccc1. The fraction of sp³-hybridized carbons (Fsp3) is 0.0556. The van der Waals surface area contributed by atoms with E-state index in [0.717, 1.165) is 16.9 Å². The summed E-state index contributed by atoms with van der Waals surface area (Å²) < 4.78 is 1.97. The molecule has 1 heterocycles. The van der Waals surface area contributed by atoms with Gasteiger partial charge in [0.25, 0.3) is 0 Å². The van der Waals surface area contributed by atoms with Gasteiger partial charge in [0.2, 0.25) is 0 Å². The number of hydrogen-bond acceptors (Lipinski definition) is 1. The van der Waals surface area contributed by atoms with Gasteiger partial charge in [-0.3, -0.25) is 0 Å². The van der Waals surface area contributed by atoms with Crippen molar-refractivity contribution in [3.63, 3.8) is 0 Å². The molecule has 0 atom stereocenters. The second-order valence-corrected chi connectivity index (χ2v) is 5.41. The van der Waals surface area contributed by atoms with Gasteiger partial charge in [-0.1, -0.05) is 35.9 Å². The second kappa shape index (κ2) is 7.03. The molecule has 0 fully saturated rings. The van der Waals surface area contributed by atoms with Gasteiger partial charge in [0, 0.05) is 35.2 Å².